The van der Waals surface area contributed by atoms with Gasteiger partial charge in [0.15, 0.2) is 0 Å². The highest BCUT2D eigenvalue weighted by Crippen LogP contribution is 2.33. The molecule has 0 saturated carbocycles. The lowest BCUT2D eigenvalue weighted by Gasteiger charge is -2.13. The molecule has 8 heteroatoms. The average Bonchev–Trinajstić information content (AvgIpc) is 3.09. The molecule has 5 nitrogen and oxygen atoms in total. The first-order valence-corrected chi connectivity index (χ1v) is 9.72. The summed E-state index contributed by atoms with van der Waals surface area (Å²) < 4.78 is 0. The van der Waals surface area contributed by atoms with Crippen LogP contribution in [0.4, 0.5) is 10.5 Å². The summed E-state index contributed by atoms with van der Waals surface area (Å²) in [7, 11) is 0. The summed E-state index contributed by atoms with van der Waals surface area (Å²) in [5, 5.41) is 2.73. The Labute approximate surface area is 164 Å². The van der Waals surface area contributed by atoms with Gasteiger partial charge in [-0.2, -0.15) is 0 Å². The van der Waals surface area contributed by atoms with Gasteiger partial charge >= 0.3 is 0 Å². The smallest absolute Gasteiger partial charge is 0.294 e. The summed E-state index contributed by atoms with van der Waals surface area (Å²) >= 11 is 8.31. The minimum Gasteiger partial charge on any atom is -0.324 e. The van der Waals surface area contributed by atoms with Gasteiger partial charge in [0.25, 0.3) is 11.1 Å². The van der Waals surface area contributed by atoms with Gasteiger partial charge in [0, 0.05) is 20.5 Å². The van der Waals surface area contributed by atoms with Crippen molar-refractivity contribution >= 4 is 63.5 Å². The minimum absolute atomic E-state index is 0.323. The summed E-state index contributed by atoms with van der Waals surface area (Å²) in [5.41, 5.74) is 1.39. The molecule has 1 fully saturated rings. The normalized spacial score (nSPS) is 15.8. The molecule has 0 spiro atoms. The lowest BCUT2D eigenvalue weighted by molar-refractivity contribution is -0.127. The molecule has 0 aliphatic carbocycles. The van der Waals surface area contributed by atoms with Crippen LogP contribution in [0.3, 0.4) is 0 Å². The van der Waals surface area contributed by atoms with Crippen molar-refractivity contribution < 1.29 is 14.4 Å². The van der Waals surface area contributed by atoms with E-state index in [2.05, 4.69) is 5.32 Å². The first kappa shape index (κ1) is 18.7. The van der Waals surface area contributed by atoms with E-state index in [1.807, 2.05) is 26.0 Å². The maximum atomic E-state index is 12.5. The third-order valence-electron chi connectivity index (χ3n) is 3.68. The van der Waals surface area contributed by atoms with Crippen LogP contribution in [0.25, 0.3) is 6.08 Å². The third kappa shape index (κ3) is 4.17. The molecule has 1 aromatic heterocycles. The number of anilines is 1. The first-order chi connectivity index (χ1) is 12.3. The van der Waals surface area contributed by atoms with Gasteiger partial charge in [-0.25, -0.2) is 0 Å². The Hall–Kier alpha value is -2.09. The third-order valence-corrected chi connectivity index (χ3v) is 5.77. The molecule has 134 valence electrons. The molecule has 1 aliphatic heterocycles. The Morgan fingerprint density at radius 2 is 2.00 bits per heavy atom. The van der Waals surface area contributed by atoms with Crippen LogP contribution >= 0.6 is 34.7 Å². The van der Waals surface area contributed by atoms with Crippen LogP contribution in [0.1, 0.15) is 15.3 Å². The van der Waals surface area contributed by atoms with Crippen molar-refractivity contribution in [3.05, 3.63) is 55.6 Å². The fraction of sp³-hybridized carbons (Fsp3) is 0.167. The fourth-order valence-corrected chi connectivity index (χ4v) is 4.26. The van der Waals surface area contributed by atoms with Gasteiger partial charge in [0.1, 0.15) is 6.54 Å². The maximum absolute atomic E-state index is 12.5. The van der Waals surface area contributed by atoms with Crippen molar-refractivity contribution in [1.82, 2.24) is 4.90 Å². The first-order valence-electron chi connectivity index (χ1n) is 7.71. The monoisotopic (exact) mass is 406 g/mol. The van der Waals surface area contributed by atoms with E-state index in [1.165, 1.54) is 11.3 Å². The molecule has 0 radical (unpaired) electrons. The van der Waals surface area contributed by atoms with Crippen LogP contribution in [0, 0.1) is 13.8 Å². The zero-order valence-corrected chi connectivity index (χ0v) is 16.4. The SMILES string of the molecule is Cc1ccc(/C=C2/SC(=O)N(CC(=O)Nc3cc(Cl)ccc3C)C2=O)s1. The number of halogens is 1. The molecule has 26 heavy (non-hydrogen) atoms. The molecule has 1 saturated heterocycles. The van der Waals surface area contributed by atoms with Gasteiger partial charge in [-0.1, -0.05) is 17.7 Å². The second-order valence-corrected chi connectivity index (χ2v) is 8.47. The van der Waals surface area contributed by atoms with Crippen LogP contribution in [-0.4, -0.2) is 28.5 Å². The van der Waals surface area contributed by atoms with Crippen LogP contribution in [0.2, 0.25) is 5.02 Å². The topological polar surface area (TPSA) is 66.5 Å². The second-order valence-electron chi connectivity index (χ2n) is 5.72. The molecule has 0 unspecified atom stereocenters. The molecule has 1 aliphatic rings. The number of carbonyl (C=O) groups excluding carboxylic acids is 3. The number of hydrogen-bond donors (Lipinski definition) is 1. The molecule has 2 aromatic rings. The van der Waals surface area contributed by atoms with E-state index >= 15 is 0 Å². The summed E-state index contributed by atoms with van der Waals surface area (Å²) in [6.07, 6.45) is 1.68. The standard InChI is InChI=1S/C18H15ClN2O3S2/c1-10-3-5-12(19)7-14(10)20-16(22)9-21-17(23)15(26-18(21)24)8-13-6-4-11(2)25-13/h3-8H,9H2,1-2H3,(H,20,22)/b15-8+. The number of rotatable bonds is 4. The van der Waals surface area contributed by atoms with E-state index in [0.29, 0.717) is 15.6 Å². The van der Waals surface area contributed by atoms with Crippen molar-refractivity contribution in [2.75, 3.05) is 11.9 Å². The lowest BCUT2D eigenvalue weighted by atomic mass is 10.2. The van der Waals surface area contributed by atoms with Gasteiger partial charge in [-0.15, -0.1) is 11.3 Å². The van der Waals surface area contributed by atoms with E-state index in [0.717, 1.165) is 32.0 Å². The lowest BCUT2D eigenvalue weighted by Crippen LogP contribution is -2.36. The second kappa shape index (κ2) is 7.65. The number of thioether (sulfide) groups is 1. The van der Waals surface area contributed by atoms with E-state index in [9.17, 15) is 14.4 Å². The van der Waals surface area contributed by atoms with Crippen LogP contribution in [-0.2, 0) is 9.59 Å². The number of carbonyl (C=O) groups is 3. The molecule has 1 N–H and O–H groups in total. The van der Waals surface area contributed by atoms with Crippen molar-refractivity contribution in [3.8, 4) is 0 Å². The number of imide groups is 1. The van der Waals surface area contributed by atoms with Gasteiger partial charge in [-0.05, 0) is 61.5 Å². The molecule has 3 rings (SSSR count). The van der Waals surface area contributed by atoms with Gasteiger partial charge in [-0.3, -0.25) is 19.3 Å². The Bertz CT molecular complexity index is 936. The molecule has 1 aromatic carbocycles. The minimum atomic E-state index is -0.455. The van der Waals surface area contributed by atoms with Crippen LogP contribution in [0.15, 0.2) is 35.2 Å². The molecule has 0 atom stereocenters. The van der Waals surface area contributed by atoms with Crippen molar-refractivity contribution in [3.63, 3.8) is 0 Å². The summed E-state index contributed by atoms with van der Waals surface area (Å²) in [6.45, 7) is 3.46. The molecule has 0 bridgehead atoms. The predicted octanol–water partition coefficient (Wildman–Crippen LogP) is 4.69. The van der Waals surface area contributed by atoms with Crippen LogP contribution in [0.5, 0.6) is 0 Å². The number of nitrogens with zero attached hydrogens (tertiary/aromatic N) is 1. The number of amides is 3. The van der Waals surface area contributed by atoms with Gasteiger partial charge in [0.05, 0.1) is 4.91 Å². The molecule has 3 amide bonds. The average molecular weight is 407 g/mol. The Morgan fingerprint density at radius 1 is 1.23 bits per heavy atom. The number of benzene rings is 1. The predicted molar refractivity (Wildman–Crippen MR) is 107 cm³/mol. The number of aryl methyl sites for hydroxylation is 2. The highest BCUT2D eigenvalue weighted by Gasteiger charge is 2.36. The highest BCUT2D eigenvalue weighted by atomic mass is 35.5. The maximum Gasteiger partial charge on any atom is 0.294 e. The number of hydrogen-bond acceptors (Lipinski definition) is 5. The molecular weight excluding hydrogens is 392 g/mol. The zero-order valence-electron chi connectivity index (χ0n) is 14.0. The molecule has 2 heterocycles. The van der Waals surface area contributed by atoms with Crippen molar-refractivity contribution in [2.45, 2.75) is 13.8 Å². The quantitative estimate of drug-likeness (QED) is 0.748. The van der Waals surface area contributed by atoms with E-state index in [1.54, 1.807) is 24.3 Å². The highest BCUT2D eigenvalue weighted by molar-refractivity contribution is 8.18. The van der Waals surface area contributed by atoms with Gasteiger partial charge in [0.2, 0.25) is 5.91 Å². The largest absolute Gasteiger partial charge is 0.324 e. The van der Waals surface area contributed by atoms with Crippen LogP contribution < -0.4 is 5.32 Å². The fourth-order valence-electron chi connectivity index (χ4n) is 2.36. The number of nitrogens with one attached hydrogen (secondary N) is 1. The molecular formula is C18H15ClN2O3S2. The summed E-state index contributed by atoms with van der Waals surface area (Å²) in [4.78, 5) is 40.1. The number of thiophene rings is 1. The Kier molecular flexibility index (Phi) is 5.50. The van der Waals surface area contributed by atoms with E-state index in [4.69, 9.17) is 11.6 Å². The Morgan fingerprint density at radius 3 is 2.69 bits per heavy atom. The Balaban J connectivity index is 1.70. The van der Waals surface area contributed by atoms with E-state index < -0.39 is 17.1 Å². The summed E-state index contributed by atoms with van der Waals surface area (Å²) in [6, 6.07) is 8.97. The van der Waals surface area contributed by atoms with Crippen molar-refractivity contribution in [2.24, 2.45) is 0 Å². The van der Waals surface area contributed by atoms with Gasteiger partial charge < -0.3 is 5.32 Å². The zero-order chi connectivity index (χ0) is 18.8. The van der Waals surface area contributed by atoms with E-state index in [-0.39, 0.29) is 6.54 Å². The van der Waals surface area contributed by atoms with Crippen molar-refractivity contribution in [1.29, 1.82) is 0 Å². The summed E-state index contributed by atoms with van der Waals surface area (Å²) in [5.74, 6) is -0.907.